The molecule has 2 aromatic carbocycles. The second kappa shape index (κ2) is 10.3. The van der Waals surface area contributed by atoms with Gasteiger partial charge in [0, 0.05) is 17.7 Å². The van der Waals surface area contributed by atoms with Gasteiger partial charge < -0.3 is 10.1 Å². The smallest absolute Gasteiger partial charge is 0.266 e. The number of carbonyl (C=O) groups excluding carboxylic acids is 3. The standard InChI is InChI=1S/C19H18N2O7S/c22-13-21-16-5-1-14(2-6-16)19(24)15-3-7-17(8-4-15)28-11-9-18(23)20-10-12-29(25,26)27/h1-8H,9-12H2,(H,20,23)(H,25,26,27). The zero-order valence-electron chi connectivity index (χ0n) is 15.2. The van der Waals surface area contributed by atoms with E-state index >= 15 is 0 Å². The van der Waals surface area contributed by atoms with Crippen molar-refractivity contribution in [2.24, 2.45) is 4.99 Å². The summed E-state index contributed by atoms with van der Waals surface area (Å²) in [6.45, 7) is -0.124. The maximum Gasteiger partial charge on any atom is 0.266 e. The highest BCUT2D eigenvalue weighted by atomic mass is 32.2. The Bertz CT molecular complexity index is 1010. The van der Waals surface area contributed by atoms with Gasteiger partial charge in [0.15, 0.2) is 5.78 Å². The quantitative estimate of drug-likeness (QED) is 0.259. The van der Waals surface area contributed by atoms with Gasteiger partial charge in [-0.25, -0.2) is 4.79 Å². The molecular weight excluding hydrogens is 400 g/mol. The summed E-state index contributed by atoms with van der Waals surface area (Å²) in [7, 11) is -4.11. The lowest BCUT2D eigenvalue weighted by Gasteiger charge is -2.08. The van der Waals surface area contributed by atoms with Crippen LogP contribution in [0.15, 0.2) is 53.5 Å². The van der Waals surface area contributed by atoms with E-state index in [2.05, 4.69) is 10.3 Å². The number of nitrogens with zero attached hydrogens (tertiary/aromatic N) is 1. The minimum atomic E-state index is -4.11. The first-order valence-electron chi connectivity index (χ1n) is 8.46. The average molecular weight is 418 g/mol. The van der Waals surface area contributed by atoms with Crippen molar-refractivity contribution in [2.45, 2.75) is 6.42 Å². The third kappa shape index (κ3) is 7.67. The molecule has 0 fully saturated rings. The van der Waals surface area contributed by atoms with Gasteiger partial charge in [0.2, 0.25) is 12.0 Å². The Morgan fingerprint density at radius 2 is 1.62 bits per heavy atom. The fourth-order valence-corrected chi connectivity index (χ4v) is 2.64. The number of carbonyl (C=O) groups is 2. The van der Waals surface area contributed by atoms with Crippen molar-refractivity contribution in [2.75, 3.05) is 18.9 Å². The first kappa shape index (κ1) is 22.0. The van der Waals surface area contributed by atoms with Crippen LogP contribution in [0.3, 0.4) is 0 Å². The van der Waals surface area contributed by atoms with E-state index in [1.54, 1.807) is 36.4 Å². The van der Waals surface area contributed by atoms with E-state index in [4.69, 9.17) is 9.29 Å². The second-order valence-corrected chi connectivity index (χ2v) is 7.41. The Kier molecular flexibility index (Phi) is 7.79. The van der Waals surface area contributed by atoms with Crippen LogP contribution in [0.1, 0.15) is 22.3 Å². The second-order valence-electron chi connectivity index (χ2n) is 5.84. The Morgan fingerprint density at radius 3 is 2.17 bits per heavy atom. The number of ketones is 1. The van der Waals surface area contributed by atoms with Crippen LogP contribution in [-0.2, 0) is 19.7 Å². The lowest BCUT2D eigenvalue weighted by molar-refractivity contribution is -0.121. The molecule has 9 nitrogen and oxygen atoms in total. The Morgan fingerprint density at radius 1 is 1.03 bits per heavy atom. The van der Waals surface area contributed by atoms with Crippen LogP contribution in [-0.4, -0.2) is 49.6 Å². The molecule has 0 aliphatic heterocycles. The fraction of sp³-hybridized carbons (Fsp3) is 0.211. The van der Waals surface area contributed by atoms with E-state index in [9.17, 15) is 22.8 Å². The van der Waals surface area contributed by atoms with Gasteiger partial charge in [-0.3, -0.25) is 14.1 Å². The van der Waals surface area contributed by atoms with Gasteiger partial charge in [-0.15, -0.1) is 0 Å². The molecule has 0 saturated heterocycles. The molecule has 29 heavy (non-hydrogen) atoms. The predicted octanol–water partition coefficient (Wildman–Crippen LogP) is 1.66. The van der Waals surface area contributed by atoms with Crippen molar-refractivity contribution in [3.8, 4) is 5.75 Å². The SMILES string of the molecule is O=C=Nc1ccc(C(=O)c2ccc(OCCC(=O)NCCS(=O)(=O)O)cc2)cc1. The molecule has 0 aliphatic rings. The molecule has 0 saturated carbocycles. The number of amides is 1. The zero-order valence-corrected chi connectivity index (χ0v) is 16.0. The molecule has 0 heterocycles. The molecule has 10 heteroatoms. The molecule has 0 atom stereocenters. The van der Waals surface area contributed by atoms with Crippen LogP contribution in [0.25, 0.3) is 0 Å². The molecule has 152 valence electrons. The summed E-state index contributed by atoms with van der Waals surface area (Å²) < 4.78 is 35.1. The Hall–Kier alpha value is -3.33. The van der Waals surface area contributed by atoms with Crippen LogP contribution < -0.4 is 10.1 Å². The summed E-state index contributed by atoms with van der Waals surface area (Å²) in [4.78, 5) is 37.7. The average Bonchev–Trinajstić information content (AvgIpc) is 2.68. The van der Waals surface area contributed by atoms with E-state index < -0.39 is 21.8 Å². The highest BCUT2D eigenvalue weighted by Gasteiger charge is 2.10. The summed E-state index contributed by atoms with van der Waals surface area (Å²) in [5.74, 6) is -0.718. The van der Waals surface area contributed by atoms with Crippen molar-refractivity contribution in [1.82, 2.24) is 5.32 Å². The third-order valence-corrected chi connectivity index (χ3v) is 4.42. The number of rotatable bonds is 10. The van der Waals surface area contributed by atoms with Gasteiger partial charge in [-0.05, 0) is 48.5 Å². The van der Waals surface area contributed by atoms with Crippen LogP contribution >= 0.6 is 0 Å². The number of isocyanates is 1. The lowest BCUT2D eigenvalue weighted by Crippen LogP contribution is -2.29. The van der Waals surface area contributed by atoms with E-state index in [0.29, 0.717) is 22.6 Å². The molecule has 0 radical (unpaired) electrons. The Labute approximate surface area is 167 Å². The number of hydrogen-bond acceptors (Lipinski definition) is 7. The molecule has 0 unspecified atom stereocenters. The van der Waals surface area contributed by atoms with Gasteiger partial charge in [0.1, 0.15) is 5.75 Å². The number of benzene rings is 2. The summed E-state index contributed by atoms with van der Waals surface area (Å²) in [6, 6.07) is 12.5. The van der Waals surface area contributed by atoms with Gasteiger partial charge >= 0.3 is 0 Å². The number of nitrogens with one attached hydrogen (secondary N) is 1. The molecule has 0 aromatic heterocycles. The van der Waals surface area contributed by atoms with E-state index in [1.165, 1.54) is 18.2 Å². The van der Waals surface area contributed by atoms with Crippen LogP contribution in [0, 0.1) is 0 Å². The summed E-state index contributed by atoms with van der Waals surface area (Å²) >= 11 is 0. The highest BCUT2D eigenvalue weighted by molar-refractivity contribution is 7.85. The van der Waals surface area contributed by atoms with E-state index in [-0.39, 0.29) is 25.4 Å². The molecule has 0 spiro atoms. The van der Waals surface area contributed by atoms with Crippen molar-refractivity contribution >= 4 is 33.6 Å². The number of hydrogen-bond donors (Lipinski definition) is 2. The van der Waals surface area contributed by atoms with Crippen LogP contribution in [0.5, 0.6) is 5.75 Å². The summed E-state index contributed by atoms with van der Waals surface area (Å²) in [5.41, 5.74) is 1.28. The minimum absolute atomic E-state index is 0.00176. The third-order valence-electron chi connectivity index (χ3n) is 3.70. The first-order chi connectivity index (χ1) is 13.8. The number of ether oxygens (including phenoxy) is 1. The molecule has 2 N–H and O–H groups in total. The molecule has 1 amide bonds. The summed E-state index contributed by atoms with van der Waals surface area (Å²) in [5, 5.41) is 2.35. The topological polar surface area (TPSA) is 139 Å². The van der Waals surface area contributed by atoms with Crippen LogP contribution in [0.4, 0.5) is 5.69 Å². The molecule has 2 aromatic rings. The zero-order chi connectivity index (χ0) is 21.3. The minimum Gasteiger partial charge on any atom is -0.493 e. The van der Waals surface area contributed by atoms with Gasteiger partial charge in [-0.1, -0.05) is 0 Å². The number of aliphatic imine (C=N–C) groups is 1. The Balaban J connectivity index is 1.83. The molecule has 0 bridgehead atoms. The fourth-order valence-electron chi connectivity index (χ4n) is 2.28. The lowest BCUT2D eigenvalue weighted by atomic mass is 10.0. The van der Waals surface area contributed by atoms with Crippen molar-refractivity contribution in [3.63, 3.8) is 0 Å². The van der Waals surface area contributed by atoms with Gasteiger partial charge in [-0.2, -0.15) is 13.4 Å². The highest BCUT2D eigenvalue weighted by Crippen LogP contribution is 2.18. The maximum absolute atomic E-state index is 12.4. The molecule has 0 aliphatic carbocycles. The van der Waals surface area contributed by atoms with Gasteiger partial charge in [0.05, 0.1) is 24.5 Å². The van der Waals surface area contributed by atoms with Crippen molar-refractivity contribution < 1.29 is 32.1 Å². The first-order valence-corrected chi connectivity index (χ1v) is 10.1. The molecule has 2 rings (SSSR count). The predicted molar refractivity (Wildman–Crippen MR) is 104 cm³/mol. The van der Waals surface area contributed by atoms with E-state index in [1.807, 2.05) is 0 Å². The summed E-state index contributed by atoms with van der Waals surface area (Å²) in [6.07, 6.45) is 1.43. The maximum atomic E-state index is 12.4. The van der Waals surface area contributed by atoms with Crippen LogP contribution in [0.2, 0.25) is 0 Å². The van der Waals surface area contributed by atoms with E-state index in [0.717, 1.165) is 0 Å². The van der Waals surface area contributed by atoms with Crippen molar-refractivity contribution in [3.05, 3.63) is 59.7 Å². The van der Waals surface area contributed by atoms with Crippen molar-refractivity contribution in [1.29, 1.82) is 0 Å². The normalized spacial score (nSPS) is 10.7. The monoisotopic (exact) mass is 418 g/mol. The molecular formula is C19H18N2O7S. The largest absolute Gasteiger partial charge is 0.493 e. The van der Waals surface area contributed by atoms with Gasteiger partial charge in [0.25, 0.3) is 10.1 Å².